The molecule has 0 amide bonds. The molecule has 1 aliphatic heterocycles. The van der Waals surface area contributed by atoms with Crippen LogP contribution in [0.1, 0.15) is 5.82 Å². The van der Waals surface area contributed by atoms with Gasteiger partial charge in [-0.25, -0.2) is 4.98 Å². The molecule has 0 saturated carbocycles. The summed E-state index contributed by atoms with van der Waals surface area (Å²) in [5, 5.41) is 4.12. The Hall–Kier alpha value is -1.40. The van der Waals surface area contributed by atoms with Crippen molar-refractivity contribution < 1.29 is 0 Å². The van der Waals surface area contributed by atoms with E-state index in [1.807, 2.05) is 11.7 Å². The lowest BCUT2D eigenvalue weighted by molar-refractivity contribution is 0.241. The molecule has 0 unspecified atom stereocenters. The van der Waals surface area contributed by atoms with E-state index >= 15 is 0 Å². The molecule has 1 aliphatic rings. The largest absolute Gasteiger partial charge is 0.369 e. The average Bonchev–Trinajstić information content (AvgIpc) is 2.85. The first-order chi connectivity index (χ1) is 9.72. The highest BCUT2D eigenvalue weighted by atomic mass is 79.9. The Morgan fingerprint density at radius 2 is 2.00 bits per heavy atom. The standard InChI is InChI=1S/C14H18BrN5/c1-18-14(16-11-17-18)10-19-5-7-20(8-6-19)13-4-2-3-12(15)9-13/h2-4,9,11H,5-8,10H2,1H3. The number of nitrogens with zero attached hydrogens (tertiary/aromatic N) is 5. The third-order valence-electron chi connectivity index (χ3n) is 3.72. The molecule has 0 spiro atoms. The van der Waals surface area contributed by atoms with Crippen molar-refractivity contribution in [2.45, 2.75) is 6.54 Å². The van der Waals surface area contributed by atoms with Gasteiger partial charge in [0.15, 0.2) is 0 Å². The number of hydrogen-bond acceptors (Lipinski definition) is 4. The Kier molecular flexibility index (Phi) is 4.03. The van der Waals surface area contributed by atoms with Gasteiger partial charge in [-0.15, -0.1) is 0 Å². The Morgan fingerprint density at radius 3 is 2.65 bits per heavy atom. The minimum absolute atomic E-state index is 0.878. The van der Waals surface area contributed by atoms with Crippen LogP contribution in [0.3, 0.4) is 0 Å². The van der Waals surface area contributed by atoms with E-state index in [0.29, 0.717) is 0 Å². The molecule has 0 aliphatic carbocycles. The van der Waals surface area contributed by atoms with E-state index in [2.05, 4.69) is 60.1 Å². The highest BCUT2D eigenvalue weighted by Crippen LogP contribution is 2.21. The summed E-state index contributed by atoms with van der Waals surface area (Å²) >= 11 is 3.53. The van der Waals surface area contributed by atoms with Gasteiger partial charge in [0.2, 0.25) is 0 Å². The van der Waals surface area contributed by atoms with Gasteiger partial charge in [0.25, 0.3) is 0 Å². The van der Waals surface area contributed by atoms with Gasteiger partial charge in [-0.3, -0.25) is 9.58 Å². The predicted molar refractivity (Wildman–Crippen MR) is 82.6 cm³/mol. The minimum atomic E-state index is 0.878. The fraction of sp³-hybridized carbons (Fsp3) is 0.429. The fourth-order valence-electron chi connectivity index (χ4n) is 2.50. The first-order valence-electron chi connectivity index (χ1n) is 6.78. The van der Waals surface area contributed by atoms with Crippen LogP contribution in [0.15, 0.2) is 35.1 Å². The number of benzene rings is 1. The molecule has 1 aromatic heterocycles. The van der Waals surface area contributed by atoms with Crippen LogP contribution in [-0.4, -0.2) is 45.8 Å². The number of halogens is 1. The van der Waals surface area contributed by atoms with E-state index in [-0.39, 0.29) is 0 Å². The van der Waals surface area contributed by atoms with E-state index in [1.54, 1.807) is 6.33 Å². The van der Waals surface area contributed by atoms with Crippen LogP contribution in [0, 0.1) is 0 Å². The summed E-state index contributed by atoms with van der Waals surface area (Å²) in [5.74, 6) is 1.03. The number of piperazine rings is 1. The third kappa shape index (κ3) is 3.02. The zero-order chi connectivity index (χ0) is 13.9. The number of aryl methyl sites for hydroxylation is 1. The lowest BCUT2D eigenvalue weighted by atomic mass is 10.2. The molecule has 0 radical (unpaired) electrons. The summed E-state index contributed by atoms with van der Waals surface area (Å²) < 4.78 is 2.98. The van der Waals surface area contributed by atoms with Gasteiger partial charge in [0.05, 0.1) is 6.54 Å². The molecule has 2 heterocycles. The first kappa shape index (κ1) is 13.6. The first-order valence-corrected chi connectivity index (χ1v) is 7.57. The number of aromatic nitrogens is 3. The maximum Gasteiger partial charge on any atom is 0.140 e. The molecule has 0 atom stereocenters. The predicted octanol–water partition coefficient (Wildman–Crippen LogP) is 1.90. The SMILES string of the molecule is Cn1ncnc1CN1CCN(c2cccc(Br)c2)CC1. The lowest BCUT2D eigenvalue weighted by Gasteiger charge is -2.35. The Labute approximate surface area is 127 Å². The summed E-state index contributed by atoms with van der Waals surface area (Å²) in [7, 11) is 1.94. The molecule has 5 nitrogen and oxygen atoms in total. The maximum atomic E-state index is 4.29. The fourth-order valence-corrected chi connectivity index (χ4v) is 2.89. The third-order valence-corrected chi connectivity index (χ3v) is 4.21. The van der Waals surface area contributed by atoms with Crippen molar-refractivity contribution in [1.82, 2.24) is 19.7 Å². The average molecular weight is 336 g/mol. The zero-order valence-corrected chi connectivity index (χ0v) is 13.1. The smallest absolute Gasteiger partial charge is 0.140 e. The van der Waals surface area contributed by atoms with Gasteiger partial charge in [0.1, 0.15) is 12.2 Å². The van der Waals surface area contributed by atoms with Gasteiger partial charge in [-0.2, -0.15) is 5.10 Å². The van der Waals surface area contributed by atoms with Crippen LogP contribution in [0.5, 0.6) is 0 Å². The molecule has 0 bridgehead atoms. The maximum absolute atomic E-state index is 4.29. The van der Waals surface area contributed by atoms with Crippen LogP contribution >= 0.6 is 15.9 Å². The topological polar surface area (TPSA) is 37.2 Å². The number of hydrogen-bond donors (Lipinski definition) is 0. The minimum Gasteiger partial charge on any atom is -0.369 e. The van der Waals surface area contributed by atoms with Crippen molar-refractivity contribution in [2.24, 2.45) is 7.05 Å². The summed E-state index contributed by atoms with van der Waals surface area (Å²) in [6.45, 7) is 5.09. The van der Waals surface area contributed by atoms with Gasteiger partial charge in [-0.1, -0.05) is 22.0 Å². The zero-order valence-electron chi connectivity index (χ0n) is 11.5. The van der Waals surface area contributed by atoms with Crippen LogP contribution < -0.4 is 4.90 Å². The second-order valence-electron chi connectivity index (χ2n) is 5.04. The summed E-state index contributed by atoms with van der Waals surface area (Å²) in [6.07, 6.45) is 1.62. The van der Waals surface area contributed by atoms with Gasteiger partial charge >= 0.3 is 0 Å². The molecule has 106 valence electrons. The van der Waals surface area contributed by atoms with E-state index in [1.165, 1.54) is 5.69 Å². The number of anilines is 1. The molecule has 6 heteroatoms. The Balaban J connectivity index is 1.58. The molecule has 3 rings (SSSR count). The molecule has 1 aromatic carbocycles. The Morgan fingerprint density at radius 1 is 1.20 bits per heavy atom. The van der Waals surface area contributed by atoms with Gasteiger partial charge < -0.3 is 4.90 Å². The van der Waals surface area contributed by atoms with Gasteiger partial charge in [0, 0.05) is 43.4 Å². The molecule has 2 aromatic rings. The second-order valence-corrected chi connectivity index (χ2v) is 5.96. The van der Waals surface area contributed by atoms with E-state index < -0.39 is 0 Å². The van der Waals surface area contributed by atoms with Crippen molar-refractivity contribution >= 4 is 21.6 Å². The summed E-state index contributed by atoms with van der Waals surface area (Å²) in [6, 6.07) is 8.50. The Bertz CT molecular complexity index is 574. The number of rotatable bonds is 3. The second kappa shape index (κ2) is 5.93. The summed E-state index contributed by atoms with van der Waals surface area (Å²) in [5.41, 5.74) is 1.29. The summed E-state index contributed by atoms with van der Waals surface area (Å²) in [4.78, 5) is 9.15. The lowest BCUT2D eigenvalue weighted by Crippen LogP contribution is -2.46. The van der Waals surface area contributed by atoms with E-state index in [0.717, 1.165) is 43.0 Å². The van der Waals surface area contributed by atoms with E-state index in [4.69, 9.17) is 0 Å². The van der Waals surface area contributed by atoms with Crippen LogP contribution in [0.2, 0.25) is 0 Å². The van der Waals surface area contributed by atoms with Crippen molar-refractivity contribution in [2.75, 3.05) is 31.1 Å². The molecule has 1 saturated heterocycles. The van der Waals surface area contributed by atoms with Crippen molar-refractivity contribution in [3.8, 4) is 0 Å². The molecular weight excluding hydrogens is 318 g/mol. The molecule has 0 N–H and O–H groups in total. The monoisotopic (exact) mass is 335 g/mol. The van der Waals surface area contributed by atoms with Crippen LogP contribution in [0.4, 0.5) is 5.69 Å². The van der Waals surface area contributed by atoms with Crippen LogP contribution in [-0.2, 0) is 13.6 Å². The highest BCUT2D eigenvalue weighted by Gasteiger charge is 2.18. The van der Waals surface area contributed by atoms with Crippen molar-refractivity contribution in [1.29, 1.82) is 0 Å². The van der Waals surface area contributed by atoms with E-state index in [9.17, 15) is 0 Å². The normalized spacial score (nSPS) is 16.6. The molecular formula is C14H18BrN5. The van der Waals surface area contributed by atoms with Crippen LogP contribution in [0.25, 0.3) is 0 Å². The highest BCUT2D eigenvalue weighted by molar-refractivity contribution is 9.10. The van der Waals surface area contributed by atoms with Crippen molar-refractivity contribution in [3.63, 3.8) is 0 Å². The molecule has 1 fully saturated rings. The quantitative estimate of drug-likeness (QED) is 0.858. The van der Waals surface area contributed by atoms with Gasteiger partial charge in [-0.05, 0) is 18.2 Å². The van der Waals surface area contributed by atoms with Crippen molar-refractivity contribution in [3.05, 3.63) is 40.9 Å². The molecule has 20 heavy (non-hydrogen) atoms.